The molecule has 0 bridgehead atoms. The lowest BCUT2D eigenvalue weighted by Crippen LogP contribution is -2.15. The number of para-hydroxylation sites is 1. The van der Waals surface area contributed by atoms with Gasteiger partial charge < -0.3 is 4.42 Å². The van der Waals surface area contributed by atoms with E-state index in [2.05, 4.69) is 178 Å². The van der Waals surface area contributed by atoms with Gasteiger partial charge in [0.2, 0.25) is 0 Å². The standard InChI is InChI=1S/C53H34OS/c1-53(2)45-27-33(32-22-25-49-43(26-32)44-29-48-42(30-50(44)55-49)37-14-10-11-19-47(37)54-48)20-23-35(45)36-24-21-34(28-46(36)53)52-40-17-8-6-15-38(40)51(31-12-4-3-5-13-31)39-16-7-9-18-41(39)52/h3-30H,1-2H3. The molecule has 258 valence electrons. The SMILES string of the molecule is CC1(C)c2cc(-c3ccc4sc5cc6c(cc5c4c3)oc3ccccc36)ccc2-c2ccc(-c3c4ccccc4c(-c4ccccc4)c4ccccc34)cc21. The van der Waals surface area contributed by atoms with Crippen LogP contribution in [0.3, 0.4) is 0 Å². The largest absolute Gasteiger partial charge is 0.456 e. The van der Waals surface area contributed by atoms with Crippen molar-refractivity contribution in [1.29, 1.82) is 0 Å². The first-order valence-electron chi connectivity index (χ1n) is 19.1. The first kappa shape index (κ1) is 30.9. The van der Waals surface area contributed by atoms with Crippen LogP contribution in [0.4, 0.5) is 0 Å². The first-order valence-corrected chi connectivity index (χ1v) is 19.9. The van der Waals surface area contributed by atoms with Crippen LogP contribution in [0.1, 0.15) is 25.0 Å². The Labute approximate surface area is 322 Å². The van der Waals surface area contributed by atoms with E-state index in [4.69, 9.17) is 4.42 Å². The van der Waals surface area contributed by atoms with Crippen LogP contribution >= 0.6 is 11.3 Å². The maximum Gasteiger partial charge on any atom is 0.136 e. The van der Waals surface area contributed by atoms with Crippen molar-refractivity contribution in [3.63, 3.8) is 0 Å². The molecule has 0 saturated carbocycles. The second-order valence-electron chi connectivity index (χ2n) is 15.6. The zero-order chi connectivity index (χ0) is 36.4. The Bertz CT molecular complexity index is 3340. The quantitative estimate of drug-likeness (QED) is 0.166. The molecule has 9 aromatic carbocycles. The molecule has 2 aromatic heterocycles. The zero-order valence-electron chi connectivity index (χ0n) is 30.5. The molecule has 2 heteroatoms. The van der Waals surface area contributed by atoms with Gasteiger partial charge in [0.25, 0.3) is 0 Å². The molecule has 0 saturated heterocycles. The maximum atomic E-state index is 6.30. The second kappa shape index (κ2) is 11.3. The zero-order valence-corrected chi connectivity index (χ0v) is 31.3. The van der Waals surface area contributed by atoms with Crippen LogP contribution in [0.15, 0.2) is 174 Å². The smallest absolute Gasteiger partial charge is 0.136 e. The minimum atomic E-state index is -0.168. The van der Waals surface area contributed by atoms with Crippen LogP contribution in [-0.4, -0.2) is 0 Å². The van der Waals surface area contributed by atoms with E-state index in [1.54, 1.807) is 0 Å². The van der Waals surface area contributed by atoms with E-state index < -0.39 is 0 Å². The highest BCUT2D eigenvalue weighted by Gasteiger charge is 2.36. The molecule has 11 aromatic rings. The third-order valence-corrected chi connectivity index (χ3v) is 13.4. The van der Waals surface area contributed by atoms with Gasteiger partial charge in [-0.1, -0.05) is 141 Å². The van der Waals surface area contributed by atoms with E-state index in [1.165, 1.54) is 108 Å². The van der Waals surface area contributed by atoms with E-state index in [-0.39, 0.29) is 5.41 Å². The van der Waals surface area contributed by atoms with Crippen LogP contribution in [0.25, 0.3) is 108 Å². The number of hydrogen-bond acceptors (Lipinski definition) is 2. The highest BCUT2D eigenvalue weighted by atomic mass is 32.1. The molecule has 0 radical (unpaired) electrons. The summed E-state index contributed by atoms with van der Waals surface area (Å²) in [6, 6.07) is 62.9. The molecule has 1 aliphatic rings. The van der Waals surface area contributed by atoms with E-state index >= 15 is 0 Å². The molecular formula is C53H34OS. The van der Waals surface area contributed by atoms with E-state index in [9.17, 15) is 0 Å². The molecule has 0 atom stereocenters. The highest BCUT2D eigenvalue weighted by molar-refractivity contribution is 7.25. The highest BCUT2D eigenvalue weighted by Crippen LogP contribution is 2.52. The molecule has 55 heavy (non-hydrogen) atoms. The number of fused-ring (bicyclic) bond motifs is 11. The van der Waals surface area contributed by atoms with Crippen molar-refractivity contribution < 1.29 is 4.42 Å². The van der Waals surface area contributed by atoms with Gasteiger partial charge >= 0.3 is 0 Å². The van der Waals surface area contributed by atoms with Gasteiger partial charge in [0.05, 0.1) is 0 Å². The van der Waals surface area contributed by atoms with E-state index in [1.807, 2.05) is 17.4 Å². The monoisotopic (exact) mass is 718 g/mol. The predicted molar refractivity (Wildman–Crippen MR) is 235 cm³/mol. The summed E-state index contributed by atoms with van der Waals surface area (Å²) < 4.78 is 8.90. The molecule has 1 aliphatic carbocycles. The van der Waals surface area contributed by atoms with Crippen molar-refractivity contribution in [1.82, 2.24) is 0 Å². The predicted octanol–water partition coefficient (Wildman–Crippen LogP) is 15.6. The molecule has 1 nitrogen and oxygen atoms in total. The third-order valence-electron chi connectivity index (χ3n) is 12.3. The van der Waals surface area contributed by atoms with Crippen LogP contribution in [0, 0.1) is 0 Å². The van der Waals surface area contributed by atoms with Crippen LogP contribution in [-0.2, 0) is 5.41 Å². The lowest BCUT2D eigenvalue weighted by molar-refractivity contribution is 0.661. The topological polar surface area (TPSA) is 13.1 Å². The Morgan fingerprint density at radius 2 is 0.891 bits per heavy atom. The number of thiophene rings is 1. The molecule has 0 unspecified atom stereocenters. The van der Waals surface area contributed by atoms with Crippen molar-refractivity contribution in [3.05, 3.63) is 181 Å². The van der Waals surface area contributed by atoms with E-state index in [0.29, 0.717) is 0 Å². The number of hydrogen-bond donors (Lipinski definition) is 0. The summed E-state index contributed by atoms with van der Waals surface area (Å²) in [5.41, 5.74) is 14.7. The average Bonchev–Trinajstić information content (AvgIpc) is 3.85. The summed E-state index contributed by atoms with van der Waals surface area (Å²) in [5.74, 6) is 0. The van der Waals surface area contributed by atoms with Crippen LogP contribution < -0.4 is 0 Å². The molecule has 12 rings (SSSR count). The maximum absolute atomic E-state index is 6.30. The molecule has 0 fully saturated rings. The fourth-order valence-electron chi connectivity index (χ4n) is 9.60. The Hall–Kier alpha value is -6.48. The van der Waals surface area contributed by atoms with Crippen molar-refractivity contribution in [2.45, 2.75) is 19.3 Å². The number of furan rings is 1. The number of rotatable bonds is 3. The average molecular weight is 719 g/mol. The Balaban J connectivity index is 0.983. The van der Waals surface area contributed by atoms with Gasteiger partial charge in [-0.05, 0) is 120 Å². The Kier molecular flexibility index (Phi) is 6.34. The lowest BCUT2D eigenvalue weighted by Gasteiger charge is -2.23. The summed E-state index contributed by atoms with van der Waals surface area (Å²) in [6.07, 6.45) is 0. The minimum Gasteiger partial charge on any atom is -0.456 e. The summed E-state index contributed by atoms with van der Waals surface area (Å²) in [6.45, 7) is 4.79. The Morgan fingerprint density at radius 1 is 0.364 bits per heavy atom. The van der Waals surface area contributed by atoms with Crippen LogP contribution in [0.2, 0.25) is 0 Å². The van der Waals surface area contributed by atoms with Gasteiger partial charge in [-0.3, -0.25) is 0 Å². The van der Waals surface area contributed by atoms with Gasteiger partial charge in [-0.15, -0.1) is 11.3 Å². The lowest BCUT2D eigenvalue weighted by atomic mass is 9.80. The van der Waals surface area contributed by atoms with Crippen LogP contribution in [0.5, 0.6) is 0 Å². The summed E-state index contributed by atoms with van der Waals surface area (Å²) in [5, 5.41) is 10.0. The van der Waals surface area contributed by atoms with Crippen molar-refractivity contribution in [2.24, 2.45) is 0 Å². The molecule has 0 aliphatic heterocycles. The van der Waals surface area contributed by atoms with Gasteiger partial charge in [0, 0.05) is 36.4 Å². The minimum absolute atomic E-state index is 0.168. The normalized spacial score (nSPS) is 13.4. The second-order valence-corrected chi connectivity index (χ2v) is 16.7. The fraction of sp³-hybridized carbons (Fsp3) is 0.0566. The van der Waals surface area contributed by atoms with Gasteiger partial charge in [-0.25, -0.2) is 0 Å². The fourth-order valence-corrected chi connectivity index (χ4v) is 10.7. The molecular weight excluding hydrogens is 685 g/mol. The van der Waals surface area contributed by atoms with Crippen molar-refractivity contribution in [3.8, 4) is 44.5 Å². The summed E-state index contributed by atoms with van der Waals surface area (Å²) >= 11 is 1.86. The third kappa shape index (κ3) is 4.40. The molecule has 2 heterocycles. The molecule has 0 amide bonds. The Morgan fingerprint density at radius 3 is 1.58 bits per heavy atom. The van der Waals surface area contributed by atoms with Gasteiger partial charge in [0.15, 0.2) is 0 Å². The summed E-state index contributed by atoms with van der Waals surface area (Å²) in [7, 11) is 0. The van der Waals surface area contributed by atoms with Crippen molar-refractivity contribution in [2.75, 3.05) is 0 Å². The first-order chi connectivity index (χ1) is 27.0. The van der Waals surface area contributed by atoms with E-state index in [0.717, 1.165) is 11.2 Å². The number of benzene rings is 9. The van der Waals surface area contributed by atoms with Crippen molar-refractivity contribution >= 4 is 75.0 Å². The van der Waals surface area contributed by atoms with Gasteiger partial charge in [-0.2, -0.15) is 0 Å². The molecule has 0 spiro atoms. The van der Waals surface area contributed by atoms with Gasteiger partial charge in [0.1, 0.15) is 11.2 Å². The molecule has 0 N–H and O–H groups in total. The summed E-state index contributed by atoms with van der Waals surface area (Å²) in [4.78, 5) is 0.